The number of carbonyl (C=O) groups excluding carboxylic acids is 3. The number of nitrogens with two attached hydrogens (primary N) is 2. The molecule has 0 heterocycles. The molecule has 0 aliphatic rings. The summed E-state index contributed by atoms with van der Waals surface area (Å²) >= 11 is 0. The van der Waals surface area contributed by atoms with Gasteiger partial charge < -0.3 is 31.6 Å². The molecule has 0 aliphatic heterocycles. The molecule has 2 atom stereocenters. The summed E-state index contributed by atoms with van der Waals surface area (Å²) in [7, 11) is -3.17. The van der Waals surface area contributed by atoms with Crippen LogP contribution in [0.2, 0.25) is 0 Å². The number of rotatable bonds is 16. The predicted octanol–water partition coefficient (Wildman–Crippen LogP) is -1.22. The third-order valence-electron chi connectivity index (χ3n) is 5.01. The molecule has 0 saturated carbocycles. The Morgan fingerprint density at radius 3 is 2.43 bits per heavy atom. The summed E-state index contributed by atoms with van der Waals surface area (Å²) in [5.41, 5.74) is 10.8. The van der Waals surface area contributed by atoms with Crippen molar-refractivity contribution in [2.75, 3.05) is 20.1 Å². The molecule has 2 amide bonds. The number of aliphatic imine (C=N–C) groups is 1. The number of aldehydes is 1. The van der Waals surface area contributed by atoms with Gasteiger partial charge in [-0.05, 0) is 38.3 Å². The molecular weight excluding hydrogens is 506 g/mol. The summed E-state index contributed by atoms with van der Waals surface area (Å²) < 4.78 is 28.2. The van der Waals surface area contributed by atoms with E-state index in [1.807, 2.05) is 0 Å². The third-order valence-corrected chi connectivity index (χ3v) is 6.54. The highest BCUT2D eigenvalue weighted by Gasteiger charge is 2.31. The van der Waals surface area contributed by atoms with Crippen molar-refractivity contribution in [3.8, 4) is 0 Å². The number of likely N-dealkylation sites (N-methyl/N-ethyl adjacent to an activating group) is 1. The second kappa shape index (κ2) is 14.6. The van der Waals surface area contributed by atoms with Crippen LogP contribution < -0.4 is 21.5 Å². The zero-order valence-corrected chi connectivity index (χ0v) is 21.5. The van der Waals surface area contributed by atoms with Gasteiger partial charge in [-0.2, -0.15) is 4.72 Å². The van der Waals surface area contributed by atoms with Crippen molar-refractivity contribution in [2.45, 2.75) is 49.6 Å². The Labute approximate surface area is 215 Å². The van der Waals surface area contributed by atoms with Gasteiger partial charge in [-0.1, -0.05) is 12.1 Å². The van der Waals surface area contributed by atoms with E-state index < -0.39 is 65.1 Å². The number of nitrogen functional groups attached to an aromatic ring is 1. The molecule has 14 nitrogen and oxygen atoms in total. The Balaban J connectivity index is 2.96. The Morgan fingerprint density at radius 2 is 1.86 bits per heavy atom. The molecule has 1 aromatic carbocycles. The normalized spacial score (nSPS) is 13.3. The van der Waals surface area contributed by atoms with Gasteiger partial charge in [-0.3, -0.25) is 24.8 Å². The second-order valence-corrected chi connectivity index (χ2v) is 9.87. The van der Waals surface area contributed by atoms with Crippen LogP contribution in [-0.2, 0) is 29.2 Å². The summed E-state index contributed by atoms with van der Waals surface area (Å²) in [6, 6.07) is 3.03. The fourth-order valence-electron chi connectivity index (χ4n) is 3.23. The standard InChI is InChI=1S/C22H33N7O7S/c1-14(23)26-11-5-6-15(13-30)27-19(31)12-29(2)22(34)17(9-10-20(32)33)28-37(35,36)18-8-4-3-7-16(18)21(24)25/h3-4,7-8,13,15,17,28H,5-6,9-12H2,1-2H3,(H2,23,26)(H3,24,25)(H,27,31)(H,32,33)/t15-,17-/m0/s1. The Bertz CT molecular complexity index is 1130. The van der Waals surface area contributed by atoms with E-state index in [1.54, 1.807) is 6.92 Å². The minimum absolute atomic E-state index is 0.0978. The van der Waals surface area contributed by atoms with Gasteiger partial charge >= 0.3 is 5.97 Å². The van der Waals surface area contributed by atoms with Gasteiger partial charge in [-0.15, -0.1) is 0 Å². The summed E-state index contributed by atoms with van der Waals surface area (Å²) in [4.78, 5) is 52.4. The largest absolute Gasteiger partial charge is 0.481 e. The van der Waals surface area contributed by atoms with Crippen LogP contribution >= 0.6 is 0 Å². The zero-order chi connectivity index (χ0) is 28.2. The van der Waals surface area contributed by atoms with Crippen molar-refractivity contribution < 1.29 is 32.7 Å². The maximum Gasteiger partial charge on any atom is 0.303 e. The van der Waals surface area contributed by atoms with Crippen molar-refractivity contribution in [1.29, 1.82) is 5.41 Å². The van der Waals surface area contributed by atoms with E-state index in [0.29, 0.717) is 31.5 Å². The van der Waals surface area contributed by atoms with E-state index in [1.165, 1.54) is 31.3 Å². The van der Waals surface area contributed by atoms with Crippen LogP contribution in [0.5, 0.6) is 0 Å². The molecule has 204 valence electrons. The minimum Gasteiger partial charge on any atom is -0.481 e. The van der Waals surface area contributed by atoms with Crippen LogP contribution in [0.1, 0.15) is 38.2 Å². The molecule has 0 aliphatic carbocycles. The van der Waals surface area contributed by atoms with Gasteiger partial charge in [0.1, 0.15) is 18.2 Å². The van der Waals surface area contributed by atoms with Gasteiger partial charge in [0.05, 0.1) is 23.3 Å². The summed E-state index contributed by atoms with van der Waals surface area (Å²) in [5, 5.41) is 19.1. The van der Waals surface area contributed by atoms with Gasteiger partial charge in [0.25, 0.3) is 0 Å². The molecule has 0 spiro atoms. The van der Waals surface area contributed by atoms with Crippen molar-refractivity contribution in [3.63, 3.8) is 0 Å². The first kappa shape index (κ1) is 31.2. The number of hydrogen-bond donors (Lipinski definition) is 6. The van der Waals surface area contributed by atoms with Crippen LogP contribution in [-0.4, -0.2) is 86.4 Å². The molecule has 0 radical (unpaired) electrons. The number of amidine groups is 2. The zero-order valence-electron chi connectivity index (χ0n) is 20.6. The second-order valence-electron chi connectivity index (χ2n) is 8.19. The lowest BCUT2D eigenvalue weighted by Crippen LogP contribution is -2.50. The lowest BCUT2D eigenvalue weighted by Gasteiger charge is -2.25. The molecule has 0 aromatic heterocycles. The molecule has 0 bridgehead atoms. The molecule has 0 unspecified atom stereocenters. The first-order chi connectivity index (χ1) is 17.3. The number of amides is 2. The topological polar surface area (TPSA) is 238 Å². The fraction of sp³-hybridized carbons (Fsp3) is 0.455. The van der Waals surface area contributed by atoms with Crippen molar-refractivity contribution in [1.82, 2.24) is 14.9 Å². The van der Waals surface area contributed by atoms with Crippen molar-refractivity contribution in [3.05, 3.63) is 29.8 Å². The molecule has 8 N–H and O–H groups in total. The van der Waals surface area contributed by atoms with Crippen LogP contribution in [0.4, 0.5) is 0 Å². The highest BCUT2D eigenvalue weighted by molar-refractivity contribution is 7.89. The van der Waals surface area contributed by atoms with Crippen LogP contribution in [0.25, 0.3) is 0 Å². The predicted molar refractivity (Wildman–Crippen MR) is 135 cm³/mol. The SMILES string of the molecule is CC(N)=NCCC[C@@H](C=O)NC(=O)CN(C)C(=O)[C@H](CCC(=O)O)NS(=O)(=O)c1ccccc1C(=N)N. The summed E-state index contributed by atoms with van der Waals surface area (Å²) in [6.07, 6.45) is 0.383. The molecule has 0 fully saturated rings. The highest BCUT2D eigenvalue weighted by Crippen LogP contribution is 2.16. The van der Waals surface area contributed by atoms with Gasteiger partial charge in [0, 0.05) is 25.6 Å². The quantitative estimate of drug-likeness (QED) is 0.0637. The number of carbonyl (C=O) groups is 4. The van der Waals surface area contributed by atoms with Crippen LogP contribution in [0.3, 0.4) is 0 Å². The number of sulfonamides is 1. The molecule has 1 rings (SSSR count). The van der Waals surface area contributed by atoms with Crippen LogP contribution in [0, 0.1) is 5.41 Å². The number of aliphatic carboxylic acids is 1. The third kappa shape index (κ3) is 10.7. The molecule has 15 heteroatoms. The van der Waals surface area contributed by atoms with Gasteiger partial charge in [0.2, 0.25) is 21.8 Å². The highest BCUT2D eigenvalue weighted by atomic mass is 32.2. The lowest BCUT2D eigenvalue weighted by atomic mass is 10.1. The number of carboxylic acids is 1. The van der Waals surface area contributed by atoms with E-state index in [2.05, 4.69) is 15.0 Å². The monoisotopic (exact) mass is 539 g/mol. The van der Waals surface area contributed by atoms with Crippen molar-refractivity contribution >= 4 is 45.8 Å². The number of hydrogen-bond acceptors (Lipinski definition) is 8. The Kier molecular flexibility index (Phi) is 12.3. The average Bonchev–Trinajstić information content (AvgIpc) is 2.82. The van der Waals surface area contributed by atoms with E-state index in [0.717, 1.165) is 4.90 Å². The maximum atomic E-state index is 13.0. The van der Waals surface area contributed by atoms with Gasteiger partial charge in [-0.25, -0.2) is 8.42 Å². The van der Waals surface area contributed by atoms with Crippen LogP contribution in [0.15, 0.2) is 34.2 Å². The van der Waals surface area contributed by atoms with Gasteiger partial charge in [0.15, 0.2) is 0 Å². The van der Waals surface area contributed by atoms with E-state index in [9.17, 15) is 27.6 Å². The fourth-order valence-corrected chi connectivity index (χ4v) is 4.67. The maximum absolute atomic E-state index is 13.0. The number of nitrogens with zero attached hydrogens (tertiary/aromatic N) is 2. The summed E-state index contributed by atoms with van der Waals surface area (Å²) in [5.74, 6) is -2.92. The summed E-state index contributed by atoms with van der Waals surface area (Å²) in [6.45, 7) is 1.48. The smallest absolute Gasteiger partial charge is 0.303 e. The lowest BCUT2D eigenvalue weighted by molar-refractivity contribution is -0.139. The van der Waals surface area contributed by atoms with E-state index >= 15 is 0 Å². The first-order valence-corrected chi connectivity index (χ1v) is 12.7. The first-order valence-electron chi connectivity index (χ1n) is 11.2. The Morgan fingerprint density at radius 1 is 1.22 bits per heavy atom. The van der Waals surface area contributed by atoms with E-state index in [-0.39, 0.29) is 10.5 Å². The Hall–Kier alpha value is -3.85. The number of nitrogens with one attached hydrogen (secondary N) is 3. The van der Waals surface area contributed by atoms with Crippen molar-refractivity contribution in [2.24, 2.45) is 16.5 Å². The molecule has 1 aromatic rings. The number of benzene rings is 1. The minimum atomic E-state index is -4.41. The average molecular weight is 540 g/mol. The number of carboxylic acid groups (broad SMARTS) is 1. The molecule has 37 heavy (non-hydrogen) atoms. The van der Waals surface area contributed by atoms with E-state index in [4.69, 9.17) is 22.0 Å². The molecular formula is C22H33N7O7S. The molecule has 0 saturated heterocycles.